The Bertz CT molecular complexity index is 1300. The predicted molar refractivity (Wildman–Crippen MR) is 128 cm³/mol. The highest BCUT2D eigenvalue weighted by Gasteiger charge is 2.41. The Kier molecular flexibility index (Phi) is 5.80. The number of nitrogens with zero attached hydrogens (tertiary/aromatic N) is 1. The number of halogens is 1. The molecule has 1 aromatic heterocycles. The molecule has 2 N–H and O–H groups in total. The van der Waals surface area contributed by atoms with Crippen molar-refractivity contribution in [1.29, 1.82) is 0 Å². The smallest absolute Gasteiger partial charge is 0.254 e. The lowest BCUT2D eigenvalue weighted by Gasteiger charge is -2.36. The van der Waals surface area contributed by atoms with Gasteiger partial charge in [-0.15, -0.1) is 0 Å². The summed E-state index contributed by atoms with van der Waals surface area (Å²) in [7, 11) is 0. The standard InChI is InChI=1S/C28H24FN3O2/c1-17-25(28(34)32-21-12-10-20(29)11-13-21)27(22-9-5-6-14-30-22)26-23(31-17)15-19(16-24(26)33)18-7-3-2-4-8-18/h2-14,19,27,31H,15-16H2,1H3,(H,32,34). The van der Waals surface area contributed by atoms with Crippen LogP contribution in [-0.2, 0) is 9.59 Å². The maximum absolute atomic E-state index is 13.5. The number of pyridine rings is 1. The van der Waals surface area contributed by atoms with Crippen LogP contribution in [0.4, 0.5) is 10.1 Å². The van der Waals surface area contributed by atoms with Gasteiger partial charge in [-0.25, -0.2) is 4.39 Å². The second-order valence-corrected chi connectivity index (χ2v) is 8.64. The van der Waals surface area contributed by atoms with E-state index >= 15 is 0 Å². The fourth-order valence-corrected chi connectivity index (χ4v) is 4.88. The second kappa shape index (κ2) is 9.06. The first-order valence-corrected chi connectivity index (χ1v) is 11.3. The van der Waals surface area contributed by atoms with E-state index in [1.807, 2.05) is 55.5 Å². The molecule has 0 spiro atoms. The molecule has 0 radical (unpaired) electrons. The summed E-state index contributed by atoms with van der Waals surface area (Å²) in [6, 6.07) is 21.1. The number of allylic oxidation sites excluding steroid dienone is 3. The van der Waals surface area contributed by atoms with E-state index in [-0.39, 0.29) is 23.4 Å². The Balaban J connectivity index is 1.54. The van der Waals surface area contributed by atoms with Gasteiger partial charge < -0.3 is 10.6 Å². The normalized spacial score (nSPS) is 20.0. The molecule has 2 atom stereocenters. The average molecular weight is 454 g/mol. The molecule has 0 fully saturated rings. The molecular weight excluding hydrogens is 429 g/mol. The van der Waals surface area contributed by atoms with Crippen LogP contribution in [0.1, 0.15) is 42.9 Å². The monoisotopic (exact) mass is 453 g/mol. The zero-order chi connectivity index (χ0) is 23.7. The van der Waals surface area contributed by atoms with Gasteiger partial charge in [0.05, 0.1) is 11.6 Å². The Morgan fingerprint density at radius 3 is 2.44 bits per heavy atom. The van der Waals surface area contributed by atoms with Crippen molar-refractivity contribution >= 4 is 17.4 Å². The molecule has 170 valence electrons. The van der Waals surface area contributed by atoms with Gasteiger partial charge in [0.25, 0.3) is 5.91 Å². The minimum absolute atomic E-state index is 0.0119. The largest absolute Gasteiger partial charge is 0.362 e. The van der Waals surface area contributed by atoms with Crippen LogP contribution >= 0.6 is 0 Å². The number of aromatic nitrogens is 1. The van der Waals surface area contributed by atoms with E-state index in [1.165, 1.54) is 24.3 Å². The van der Waals surface area contributed by atoms with E-state index in [2.05, 4.69) is 15.6 Å². The van der Waals surface area contributed by atoms with Crippen molar-refractivity contribution in [2.24, 2.45) is 0 Å². The number of ketones is 1. The van der Waals surface area contributed by atoms with Crippen LogP contribution in [0.2, 0.25) is 0 Å². The van der Waals surface area contributed by atoms with Crippen LogP contribution in [0.5, 0.6) is 0 Å². The summed E-state index contributed by atoms with van der Waals surface area (Å²) < 4.78 is 13.3. The third-order valence-corrected chi connectivity index (χ3v) is 6.43. The molecule has 1 aliphatic carbocycles. The minimum Gasteiger partial charge on any atom is -0.362 e. The second-order valence-electron chi connectivity index (χ2n) is 8.64. The highest BCUT2D eigenvalue weighted by Crippen LogP contribution is 2.45. The number of carbonyl (C=O) groups excluding carboxylic acids is 2. The van der Waals surface area contributed by atoms with Gasteiger partial charge in [-0.2, -0.15) is 0 Å². The SMILES string of the molecule is CC1=C(C(=O)Nc2ccc(F)cc2)C(c2ccccn2)C2=C(CC(c3ccccc3)CC2=O)N1. The summed E-state index contributed by atoms with van der Waals surface area (Å²) in [6.45, 7) is 1.84. The fourth-order valence-electron chi connectivity index (χ4n) is 4.88. The van der Waals surface area contributed by atoms with Gasteiger partial charge in [-0.05, 0) is 61.2 Å². The number of rotatable bonds is 4. The molecule has 0 saturated heterocycles. The van der Waals surface area contributed by atoms with Gasteiger partial charge in [0.15, 0.2) is 5.78 Å². The van der Waals surface area contributed by atoms with Crippen molar-refractivity contribution in [2.75, 3.05) is 5.32 Å². The van der Waals surface area contributed by atoms with E-state index in [0.717, 1.165) is 11.3 Å². The maximum atomic E-state index is 13.5. The maximum Gasteiger partial charge on any atom is 0.254 e. The Morgan fingerprint density at radius 2 is 1.74 bits per heavy atom. The highest BCUT2D eigenvalue weighted by molar-refractivity contribution is 6.09. The number of anilines is 1. The minimum atomic E-state index is -0.581. The first kappa shape index (κ1) is 21.8. The van der Waals surface area contributed by atoms with Gasteiger partial charge in [-0.3, -0.25) is 14.6 Å². The molecule has 2 aromatic carbocycles. The van der Waals surface area contributed by atoms with Crippen molar-refractivity contribution in [3.05, 3.63) is 119 Å². The van der Waals surface area contributed by atoms with Crippen LogP contribution in [0.3, 0.4) is 0 Å². The molecule has 5 nitrogen and oxygen atoms in total. The molecule has 1 aliphatic heterocycles. The van der Waals surface area contributed by atoms with Gasteiger partial charge in [0.2, 0.25) is 0 Å². The summed E-state index contributed by atoms with van der Waals surface area (Å²) in [5, 5.41) is 6.21. The number of amides is 1. The van der Waals surface area contributed by atoms with Crippen LogP contribution < -0.4 is 10.6 Å². The molecule has 34 heavy (non-hydrogen) atoms. The van der Waals surface area contributed by atoms with E-state index < -0.39 is 5.92 Å². The number of carbonyl (C=O) groups is 2. The number of nitrogens with one attached hydrogen (secondary N) is 2. The lowest BCUT2D eigenvalue weighted by molar-refractivity contribution is -0.116. The number of hydrogen-bond acceptors (Lipinski definition) is 4. The first-order valence-electron chi connectivity index (χ1n) is 11.3. The van der Waals surface area contributed by atoms with Crippen molar-refractivity contribution < 1.29 is 14.0 Å². The van der Waals surface area contributed by atoms with E-state index in [0.29, 0.717) is 41.1 Å². The van der Waals surface area contributed by atoms with Crippen molar-refractivity contribution in [3.63, 3.8) is 0 Å². The number of benzene rings is 2. The van der Waals surface area contributed by atoms with Gasteiger partial charge in [-0.1, -0.05) is 36.4 Å². The zero-order valence-corrected chi connectivity index (χ0v) is 18.7. The lowest BCUT2D eigenvalue weighted by Crippen LogP contribution is -2.37. The van der Waals surface area contributed by atoms with Gasteiger partial charge in [0, 0.05) is 40.8 Å². The van der Waals surface area contributed by atoms with Crippen molar-refractivity contribution in [1.82, 2.24) is 10.3 Å². The van der Waals surface area contributed by atoms with E-state index in [9.17, 15) is 14.0 Å². The molecule has 2 unspecified atom stereocenters. The molecule has 2 heterocycles. The van der Waals surface area contributed by atoms with Crippen LogP contribution in [-0.4, -0.2) is 16.7 Å². The quantitative estimate of drug-likeness (QED) is 0.568. The Morgan fingerprint density at radius 1 is 1.00 bits per heavy atom. The van der Waals surface area contributed by atoms with E-state index in [1.54, 1.807) is 6.20 Å². The highest BCUT2D eigenvalue weighted by atomic mass is 19.1. The Hall–Kier alpha value is -4.06. The number of dihydropyridines is 1. The van der Waals surface area contributed by atoms with Crippen LogP contribution in [0.15, 0.2) is 102 Å². The lowest BCUT2D eigenvalue weighted by atomic mass is 9.72. The Labute approximate surface area is 197 Å². The molecule has 3 aromatic rings. The molecular formula is C28H24FN3O2. The topological polar surface area (TPSA) is 71.1 Å². The third kappa shape index (κ3) is 4.15. The summed E-state index contributed by atoms with van der Waals surface area (Å²) in [4.78, 5) is 31.5. The van der Waals surface area contributed by atoms with Crippen molar-refractivity contribution in [3.8, 4) is 0 Å². The van der Waals surface area contributed by atoms with Gasteiger partial charge >= 0.3 is 0 Å². The molecule has 0 bridgehead atoms. The molecule has 0 saturated carbocycles. The summed E-state index contributed by atoms with van der Waals surface area (Å²) in [6.07, 6.45) is 2.72. The number of hydrogen-bond donors (Lipinski definition) is 2. The fraction of sp³-hybridized carbons (Fsp3) is 0.179. The molecule has 2 aliphatic rings. The van der Waals surface area contributed by atoms with Gasteiger partial charge in [0.1, 0.15) is 5.82 Å². The van der Waals surface area contributed by atoms with E-state index in [4.69, 9.17) is 0 Å². The molecule has 6 heteroatoms. The van der Waals surface area contributed by atoms with Crippen LogP contribution in [0, 0.1) is 5.82 Å². The molecule has 1 amide bonds. The average Bonchev–Trinajstić information content (AvgIpc) is 2.85. The summed E-state index contributed by atoms with van der Waals surface area (Å²) in [5.41, 5.74) is 4.80. The third-order valence-electron chi connectivity index (χ3n) is 6.43. The molecule has 5 rings (SSSR count). The zero-order valence-electron chi connectivity index (χ0n) is 18.7. The number of Topliss-reactive ketones (excluding diaryl/α,β-unsaturated/α-hetero) is 1. The first-order chi connectivity index (χ1) is 16.5. The summed E-state index contributed by atoms with van der Waals surface area (Å²) in [5.74, 6) is -1.22. The summed E-state index contributed by atoms with van der Waals surface area (Å²) >= 11 is 0. The van der Waals surface area contributed by atoms with Crippen molar-refractivity contribution in [2.45, 2.75) is 31.6 Å². The predicted octanol–water partition coefficient (Wildman–Crippen LogP) is 5.22. The van der Waals surface area contributed by atoms with Crippen LogP contribution in [0.25, 0.3) is 0 Å².